The zero-order chi connectivity index (χ0) is 15.6. The minimum Gasteiger partial charge on any atom is -0.395 e. The number of nitrogen functional groups attached to an aromatic ring is 1. The molecule has 0 aliphatic carbocycles. The van der Waals surface area contributed by atoms with Crippen LogP contribution in [0.3, 0.4) is 0 Å². The van der Waals surface area contributed by atoms with Crippen LogP contribution in [0.15, 0.2) is 12.1 Å². The number of aryl methyl sites for hydroxylation is 1. The van der Waals surface area contributed by atoms with Gasteiger partial charge < -0.3 is 11.1 Å². The number of carbonyl (C=O) groups excluding carboxylic acids is 1. The summed E-state index contributed by atoms with van der Waals surface area (Å²) in [6, 6.07) is 1.52. The van der Waals surface area contributed by atoms with Crippen LogP contribution < -0.4 is 11.1 Å². The van der Waals surface area contributed by atoms with Gasteiger partial charge in [-0.25, -0.2) is 8.78 Å². The molecule has 0 bridgehead atoms. The standard InChI is InChI=1S/C13H13ClF2N4O/c1-2-3-9-10(17)12(20-19-9)13(21)18-11-7(14)4-6(15)5-8(11)16/h4-5H,2-3,17H2,1H3,(H,18,21)(H,19,20). The molecule has 5 nitrogen and oxygen atoms in total. The lowest BCUT2D eigenvalue weighted by molar-refractivity contribution is 0.102. The number of aromatic amines is 1. The molecular weight excluding hydrogens is 302 g/mol. The third-order valence-electron chi connectivity index (χ3n) is 2.84. The number of H-pyrrole nitrogens is 1. The van der Waals surface area contributed by atoms with Crippen molar-refractivity contribution in [2.24, 2.45) is 0 Å². The van der Waals surface area contributed by atoms with E-state index in [-0.39, 0.29) is 22.1 Å². The summed E-state index contributed by atoms with van der Waals surface area (Å²) in [4.78, 5) is 12.0. The fourth-order valence-corrected chi connectivity index (χ4v) is 2.08. The van der Waals surface area contributed by atoms with E-state index >= 15 is 0 Å². The van der Waals surface area contributed by atoms with E-state index in [0.717, 1.165) is 12.5 Å². The van der Waals surface area contributed by atoms with Crippen molar-refractivity contribution in [3.05, 3.63) is 40.2 Å². The maximum Gasteiger partial charge on any atom is 0.278 e. The third kappa shape index (κ3) is 3.13. The Kier molecular flexibility index (Phi) is 4.42. The molecule has 0 unspecified atom stereocenters. The van der Waals surface area contributed by atoms with E-state index in [1.54, 1.807) is 0 Å². The maximum absolute atomic E-state index is 13.6. The zero-order valence-corrected chi connectivity index (χ0v) is 11.9. The average Bonchev–Trinajstić information content (AvgIpc) is 2.76. The number of aromatic nitrogens is 2. The highest BCUT2D eigenvalue weighted by atomic mass is 35.5. The van der Waals surface area contributed by atoms with Crippen LogP contribution in [0.1, 0.15) is 29.5 Å². The lowest BCUT2D eigenvalue weighted by Gasteiger charge is -2.07. The molecule has 0 aliphatic rings. The van der Waals surface area contributed by atoms with Gasteiger partial charge in [-0.15, -0.1) is 0 Å². The van der Waals surface area contributed by atoms with Crippen molar-refractivity contribution in [2.45, 2.75) is 19.8 Å². The molecule has 0 fully saturated rings. The molecule has 2 aromatic rings. The fraction of sp³-hybridized carbons (Fsp3) is 0.231. The second kappa shape index (κ2) is 6.09. The molecule has 2 rings (SSSR count). The monoisotopic (exact) mass is 314 g/mol. The number of nitrogens with zero attached hydrogens (tertiary/aromatic N) is 1. The topological polar surface area (TPSA) is 83.8 Å². The predicted molar refractivity (Wildman–Crippen MR) is 76.3 cm³/mol. The number of carbonyl (C=O) groups is 1. The number of amides is 1. The minimum absolute atomic E-state index is 0.0572. The van der Waals surface area contributed by atoms with E-state index in [1.165, 1.54) is 0 Å². The van der Waals surface area contributed by atoms with E-state index < -0.39 is 17.5 Å². The van der Waals surface area contributed by atoms with Gasteiger partial charge in [0, 0.05) is 6.07 Å². The Balaban J connectivity index is 2.27. The van der Waals surface area contributed by atoms with E-state index in [1.807, 2.05) is 6.92 Å². The number of rotatable bonds is 4. The summed E-state index contributed by atoms with van der Waals surface area (Å²) in [6.07, 6.45) is 1.46. The second-order valence-electron chi connectivity index (χ2n) is 4.41. The molecule has 1 aromatic carbocycles. The van der Waals surface area contributed by atoms with Gasteiger partial charge in [-0.1, -0.05) is 24.9 Å². The third-order valence-corrected chi connectivity index (χ3v) is 3.14. The van der Waals surface area contributed by atoms with Crippen molar-refractivity contribution in [1.82, 2.24) is 10.2 Å². The average molecular weight is 315 g/mol. The largest absolute Gasteiger partial charge is 0.395 e. The molecule has 4 N–H and O–H groups in total. The summed E-state index contributed by atoms with van der Waals surface area (Å²) in [6.45, 7) is 1.95. The molecule has 0 radical (unpaired) electrons. The smallest absolute Gasteiger partial charge is 0.278 e. The highest BCUT2D eigenvalue weighted by Gasteiger charge is 2.20. The first-order valence-electron chi connectivity index (χ1n) is 6.22. The first-order chi connectivity index (χ1) is 9.93. The van der Waals surface area contributed by atoms with Crippen molar-refractivity contribution in [3.8, 4) is 0 Å². The van der Waals surface area contributed by atoms with Crippen LogP contribution in [-0.4, -0.2) is 16.1 Å². The quantitative estimate of drug-likeness (QED) is 0.810. The van der Waals surface area contributed by atoms with Crippen LogP contribution in [0.2, 0.25) is 5.02 Å². The number of hydrogen-bond donors (Lipinski definition) is 3. The lowest BCUT2D eigenvalue weighted by Crippen LogP contribution is -2.16. The van der Waals surface area contributed by atoms with E-state index in [0.29, 0.717) is 18.2 Å². The molecular formula is C13H13ClF2N4O. The van der Waals surface area contributed by atoms with Crippen LogP contribution in [0.4, 0.5) is 20.2 Å². The van der Waals surface area contributed by atoms with Gasteiger partial charge in [0.2, 0.25) is 0 Å². The number of benzene rings is 1. The number of anilines is 2. The van der Waals surface area contributed by atoms with Gasteiger partial charge in [0.05, 0.1) is 22.1 Å². The molecule has 1 heterocycles. The first-order valence-corrected chi connectivity index (χ1v) is 6.60. The Morgan fingerprint density at radius 1 is 1.48 bits per heavy atom. The number of nitrogens with two attached hydrogens (primary N) is 1. The van der Waals surface area contributed by atoms with Gasteiger partial charge in [-0.3, -0.25) is 9.89 Å². The molecule has 0 saturated carbocycles. The fourth-order valence-electron chi connectivity index (χ4n) is 1.83. The molecule has 0 atom stereocenters. The van der Waals surface area contributed by atoms with Gasteiger partial charge >= 0.3 is 0 Å². The van der Waals surface area contributed by atoms with Crippen molar-refractivity contribution < 1.29 is 13.6 Å². The zero-order valence-electron chi connectivity index (χ0n) is 11.1. The second-order valence-corrected chi connectivity index (χ2v) is 4.82. The maximum atomic E-state index is 13.6. The van der Waals surface area contributed by atoms with Crippen LogP contribution >= 0.6 is 11.6 Å². The summed E-state index contributed by atoms with van der Waals surface area (Å²) in [5, 5.41) is 8.46. The normalized spacial score (nSPS) is 10.7. The molecule has 112 valence electrons. The molecule has 21 heavy (non-hydrogen) atoms. The van der Waals surface area contributed by atoms with E-state index in [4.69, 9.17) is 17.3 Å². The Hall–Kier alpha value is -2.15. The van der Waals surface area contributed by atoms with Gasteiger partial charge in [-0.2, -0.15) is 5.10 Å². The summed E-state index contributed by atoms with van der Waals surface area (Å²) in [5.74, 6) is -2.53. The van der Waals surface area contributed by atoms with Crippen molar-refractivity contribution in [2.75, 3.05) is 11.1 Å². The van der Waals surface area contributed by atoms with Gasteiger partial charge in [0.15, 0.2) is 11.5 Å². The van der Waals surface area contributed by atoms with Crippen molar-refractivity contribution >= 4 is 28.9 Å². The Morgan fingerprint density at radius 2 is 2.19 bits per heavy atom. The van der Waals surface area contributed by atoms with Crippen LogP contribution in [0.5, 0.6) is 0 Å². The summed E-state index contributed by atoms with van der Waals surface area (Å²) >= 11 is 5.71. The summed E-state index contributed by atoms with van der Waals surface area (Å²) in [7, 11) is 0. The summed E-state index contributed by atoms with van der Waals surface area (Å²) < 4.78 is 26.6. The van der Waals surface area contributed by atoms with E-state index in [9.17, 15) is 13.6 Å². The van der Waals surface area contributed by atoms with E-state index in [2.05, 4.69) is 15.5 Å². The van der Waals surface area contributed by atoms with Crippen LogP contribution in [0, 0.1) is 11.6 Å². The molecule has 0 spiro atoms. The molecule has 8 heteroatoms. The van der Waals surface area contributed by atoms with Gasteiger partial charge in [0.1, 0.15) is 5.82 Å². The minimum atomic E-state index is -0.976. The highest BCUT2D eigenvalue weighted by Crippen LogP contribution is 2.27. The summed E-state index contributed by atoms with van der Waals surface area (Å²) in [5.41, 5.74) is 6.26. The molecule has 1 amide bonds. The Morgan fingerprint density at radius 3 is 2.81 bits per heavy atom. The van der Waals surface area contributed by atoms with Crippen LogP contribution in [-0.2, 0) is 6.42 Å². The molecule has 0 saturated heterocycles. The lowest BCUT2D eigenvalue weighted by atomic mass is 10.2. The van der Waals surface area contributed by atoms with Gasteiger partial charge in [0.25, 0.3) is 5.91 Å². The molecule has 1 aromatic heterocycles. The predicted octanol–water partition coefficient (Wildman–Crippen LogP) is 3.13. The highest BCUT2D eigenvalue weighted by molar-refractivity contribution is 6.34. The SMILES string of the molecule is CCCc1[nH]nc(C(=O)Nc2c(F)cc(F)cc2Cl)c1N. The van der Waals surface area contributed by atoms with Crippen LogP contribution in [0.25, 0.3) is 0 Å². The van der Waals surface area contributed by atoms with Gasteiger partial charge in [-0.05, 0) is 12.5 Å². The van der Waals surface area contributed by atoms with Crippen molar-refractivity contribution in [1.29, 1.82) is 0 Å². The van der Waals surface area contributed by atoms with Crippen molar-refractivity contribution in [3.63, 3.8) is 0 Å². The number of nitrogens with one attached hydrogen (secondary N) is 2. The Labute approximate surface area is 124 Å². The number of halogens is 3. The first kappa shape index (κ1) is 15.2. The Bertz CT molecular complexity index is 664. The number of hydrogen-bond acceptors (Lipinski definition) is 3. The molecule has 0 aliphatic heterocycles.